The summed E-state index contributed by atoms with van der Waals surface area (Å²) in [5.41, 5.74) is 3.92. The minimum Gasteiger partial charge on any atom is -0.322 e. The van der Waals surface area contributed by atoms with E-state index in [0.717, 1.165) is 29.7 Å². The number of amides is 1. The van der Waals surface area contributed by atoms with Gasteiger partial charge in [0.2, 0.25) is 0 Å². The van der Waals surface area contributed by atoms with Gasteiger partial charge in [-0.1, -0.05) is 33.6 Å². The maximum Gasteiger partial charge on any atom is 0.255 e. The number of rotatable bonds is 2. The summed E-state index contributed by atoms with van der Waals surface area (Å²) in [5.74, 6) is -0.165. The van der Waals surface area contributed by atoms with E-state index in [4.69, 9.17) is 11.6 Å². The Morgan fingerprint density at radius 2 is 2.05 bits per heavy atom. The number of anilines is 1. The summed E-state index contributed by atoms with van der Waals surface area (Å²) in [6.07, 6.45) is 1.03. The number of nitrogens with one attached hydrogen (secondary N) is 2. The summed E-state index contributed by atoms with van der Waals surface area (Å²) < 4.78 is 0.787. The quantitative estimate of drug-likeness (QED) is 0.844. The van der Waals surface area contributed by atoms with Crippen LogP contribution in [-0.2, 0) is 13.0 Å². The van der Waals surface area contributed by atoms with Gasteiger partial charge in [-0.25, -0.2) is 0 Å². The Morgan fingerprint density at radius 1 is 1.19 bits per heavy atom. The van der Waals surface area contributed by atoms with Crippen molar-refractivity contribution in [3.8, 4) is 0 Å². The van der Waals surface area contributed by atoms with Crippen molar-refractivity contribution in [3.63, 3.8) is 0 Å². The molecule has 2 N–H and O–H groups in total. The molecule has 3 nitrogen and oxygen atoms in total. The highest BCUT2D eigenvalue weighted by molar-refractivity contribution is 9.10. The molecule has 0 atom stereocenters. The van der Waals surface area contributed by atoms with Crippen LogP contribution in [0.1, 0.15) is 21.5 Å². The lowest BCUT2D eigenvalue weighted by atomic mass is 10.0. The van der Waals surface area contributed by atoms with Crippen molar-refractivity contribution in [3.05, 3.63) is 62.6 Å². The second-order valence-corrected chi connectivity index (χ2v) is 6.37. The minimum atomic E-state index is -0.165. The van der Waals surface area contributed by atoms with Crippen molar-refractivity contribution in [2.24, 2.45) is 0 Å². The van der Waals surface area contributed by atoms with Gasteiger partial charge in [-0.05, 0) is 54.4 Å². The first kappa shape index (κ1) is 14.6. The van der Waals surface area contributed by atoms with Crippen LogP contribution < -0.4 is 10.6 Å². The molecule has 0 unspecified atom stereocenters. The number of carbonyl (C=O) groups is 1. The van der Waals surface area contributed by atoms with Crippen LogP contribution in [0.2, 0.25) is 5.02 Å². The zero-order valence-electron chi connectivity index (χ0n) is 11.2. The van der Waals surface area contributed by atoms with Crippen LogP contribution in [0.25, 0.3) is 0 Å². The Bertz CT molecular complexity index is 682. The van der Waals surface area contributed by atoms with Gasteiger partial charge in [-0.2, -0.15) is 0 Å². The average molecular weight is 366 g/mol. The molecule has 0 fully saturated rings. The van der Waals surface area contributed by atoms with Crippen molar-refractivity contribution < 1.29 is 4.79 Å². The monoisotopic (exact) mass is 364 g/mol. The molecule has 1 heterocycles. The Morgan fingerprint density at radius 3 is 2.86 bits per heavy atom. The number of hydrogen-bond donors (Lipinski definition) is 2. The van der Waals surface area contributed by atoms with E-state index in [1.54, 1.807) is 18.2 Å². The number of hydrogen-bond acceptors (Lipinski definition) is 2. The standard InChI is InChI=1S/C16H14BrClN2O/c17-13-5-11(6-14(18)8-13)16(21)20-15-2-1-10-3-4-19-9-12(10)7-15/h1-2,5-8,19H,3-4,9H2,(H,20,21). The van der Waals surface area contributed by atoms with E-state index in [1.165, 1.54) is 11.1 Å². The molecule has 5 heteroatoms. The molecule has 108 valence electrons. The Balaban J connectivity index is 1.81. The molecular weight excluding hydrogens is 352 g/mol. The van der Waals surface area contributed by atoms with Gasteiger partial charge in [0.1, 0.15) is 0 Å². The fourth-order valence-corrected chi connectivity index (χ4v) is 3.31. The first-order valence-corrected chi connectivity index (χ1v) is 7.89. The molecule has 2 aromatic carbocycles. The van der Waals surface area contributed by atoms with Gasteiger partial charge < -0.3 is 10.6 Å². The SMILES string of the molecule is O=C(Nc1ccc2c(c1)CNCC2)c1cc(Cl)cc(Br)c1. The second kappa shape index (κ2) is 6.18. The molecule has 0 radical (unpaired) electrons. The summed E-state index contributed by atoms with van der Waals surface area (Å²) in [6.45, 7) is 1.86. The van der Waals surface area contributed by atoms with E-state index in [9.17, 15) is 4.79 Å². The smallest absolute Gasteiger partial charge is 0.255 e. The van der Waals surface area contributed by atoms with Gasteiger partial charge in [0.05, 0.1) is 0 Å². The number of benzene rings is 2. The van der Waals surface area contributed by atoms with Crippen molar-refractivity contribution in [2.45, 2.75) is 13.0 Å². The topological polar surface area (TPSA) is 41.1 Å². The lowest BCUT2D eigenvalue weighted by molar-refractivity contribution is 0.102. The van der Waals surface area contributed by atoms with E-state index < -0.39 is 0 Å². The molecule has 21 heavy (non-hydrogen) atoms. The molecule has 0 bridgehead atoms. The Labute approximate surface area is 136 Å². The van der Waals surface area contributed by atoms with Crippen molar-refractivity contribution in [2.75, 3.05) is 11.9 Å². The molecule has 0 aromatic heterocycles. The molecule has 1 aliphatic rings. The average Bonchev–Trinajstić information content (AvgIpc) is 2.46. The van der Waals surface area contributed by atoms with Gasteiger partial charge in [-0.3, -0.25) is 4.79 Å². The van der Waals surface area contributed by atoms with Crippen LogP contribution >= 0.6 is 27.5 Å². The van der Waals surface area contributed by atoms with Crippen molar-refractivity contribution in [1.29, 1.82) is 0 Å². The van der Waals surface area contributed by atoms with E-state index in [1.807, 2.05) is 12.1 Å². The third-order valence-corrected chi connectivity index (χ3v) is 4.15. The van der Waals surface area contributed by atoms with Gasteiger partial charge >= 0.3 is 0 Å². The third kappa shape index (κ3) is 3.46. The van der Waals surface area contributed by atoms with Crippen LogP contribution in [0, 0.1) is 0 Å². The summed E-state index contributed by atoms with van der Waals surface area (Å²) in [5, 5.41) is 6.78. The van der Waals surface area contributed by atoms with Crippen LogP contribution in [0.4, 0.5) is 5.69 Å². The summed E-state index contributed by atoms with van der Waals surface area (Å²) in [4.78, 5) is 12.3. The molecule has 0 saturated carbocycles. The third-order valence-electron chi connectivity index (χ3n) is 3.48. The lowest BCUT2D eigenvalue weighted by Crippen LogP contribution is -2.23. The fraction of sp³-hybridized carbons (Fsp3) is 0.188. The van der Waals surface area contributed by atoms with Gasteiger partial charge in [-0.15, -0.1) is 0 Å². The molecule has 3 rings (SSSR count). The molecule has 0 saturated heterocycles. The predicted molar refractivity (Wildman–Crippen MR) is 89.0 cm³/mol. The van der Waals surface area contributed by atoms with E-state index in [-0.39, 0.29) is 5.91 Å². The van der Waals surface area contributed by atoms with Crippen LogP contribution in [0.15, 0.2) is 40.9 Å². The van der Waals surface area contributed by atoms with Crippen molar-refractivity contribution in [1.82, 2.24) is 5.32 Å². The molecule has 0 aliphatic carbocycles. The Kier molecular flexibility index (Phi) is 4.29. The molecule has 2 aromatic rings. The summed E-state index contributed by atoms with van der Waals surface area (Å²) in [7, 11) is 0. The number of fused-ring (bicyclic) bond motifs is 1. The highest BCUT2D eigenvalue weighted by atomic mass is 79.9. The fourth-order valence-electron chi connectivity index (χ4n) is 2.45. The maximum absolute atomic E-state index is 12.3. The first-order chi connectivity index (χ1) is 10.1. The molecule has 1 amide bonds. The highest BCUT2D eigenvalue weighted by Crippen LogP contribution is 2.22. The van der Waals surface area contributed by atoms with E-state index in [0.29, 0.717) is 10.6 Å². The van der Waals surface area contributed by atoms with Crippen LogP contribution in [0.5, 0.6) is 0 Å². The normalized spacial score (nSPS) is 13.6. The van der Waals surface area contributed by atoms with Crippen LogP contribution in [-0.4, -0.2) is 12.5 Å². The van der Waals surface area contributed by atoms with Gasteiger partial charge in [0, 0.05) is 27.3 Å². The van der Waals surface area contributed by atoms with Gasteiger partial charge in [0.15, 0.2) is 0 Å². The van der Waals surface area contributed by atoms with Crippen molar-refractivity contribution >= 4 is 39.1 Å². The molecule has 1 aliphatic heterocycles. The van der Waals surface area contributed by atoms with Crippen LogP contribution in [0.3, 0.4) is 0 Å². The summed E-state index contributed by atoms with van der Waals surface area (Å²) >= 11 is 9.32. The number of carbonyl (C=O) groups excluding carboxylic acids is 1. The zero-order valence-corrected chi connectivity index (χ0v) is 13.6. The van der Waals surface area contributed by atoms with Gasteiger partial charge in [0.25, 0.3) is 5.91 Å². The first-order valence-electron chi connectivity index (χ1n) is 6.72. The Hall–Kier alpha value is -1.36. The minimum absolute atomic E-state index is 0.165. The maximum atomic E-state index is 12.3. The van der Waals surface area contributed by atoms with E-state index >= 15 is 0 Å². The largest absolute Gasteiger partial charge is 0.322 e. The highest BCUT2D eigenvalue weighted by Gasteiger charge is 2.12. The zero-order chi connectivity index (χ0) is 14.8. The van der Waals surface area contributed by atoms with E-state index in [2.05, 4.69) is 32.6 Å². The molecular formula is C16H14BrClN2O. The number of halogens is 2. The predicted octanol–water partition coefficient (Wildman–Crippen LogP) is 4.00. The lowest BCUT2D eigenvalue weighted by Gasteiger charge is -2.18. The summed E-state index contributed by atoms with van der Waals surface area (Å²) in [6, 6.07) is 11.2. The molecule has 0 spiro atoms. The second-order valence-electron chi connectivity index (χ2n) is 5.02.